The molecule has 0 N–H and O–H groups in total. The van der Waals surface area contributed by atoms with Crippen LogP contribution in [0.4, 0.5) is 0 Å². The molecule has 0 heterocycles. The Labute approximate surface area is 80.5 Å². The van der Waals surface area contributed by atoms with Crippen LogP contribution in [0.3, 0.4) is 0 Å². The van der Waals surface area contributed by atoms with E-state index >= 15 is 0 Å². The number of aliphatic imine (C=N–C) groups is 2. The molecule has 0 spiro atoms. The molecule has 0 saturated heterocycles. The van der Waals surface area contributed by atoms with Crippen LogP contribution in [-0.2, 0) is 14.3 Å². The highest BCUT2D eigenvalue weighted by atomic mass is 16.5. The summed E-state index contributed by atoms with van der Waals surface area (Å²) in [5, 5.41) is 0. The maximum Gasteiger partial charge on any atom is 0.238 e. The lowest BCUT2D eigenvalue weighted by atomic mass is 10.00. The molecule has 0 aromatic rings. The van der Waals surface area contributed by atoms with Gasteiger partial charge < -0.3 is 4.74 Å². The molecular weight excluding hydrogens is 184 g/mol. The quantitative estimate of drug-likeness (QED) is 0.483. The first-order chi connectivity index (χ1) is 6.79. The molecule has 0 saturated carbocycles. The number of hydrogen-bond acceptors (Lipinski definition) is 5. The molecule has 72 valence electrons. The van der Waals surface area contributed by atoms with Gasteiger partial charge in [0.1, 0.15) is 6.04 Å². The van der Waals surface area contributed by atoms with Crippen LogP contribution in [0.5, 0.6) is 0 Å². The predicted octanol–water partition coefficient (Wildman–Crippen LogP) is 0.495. The van der Waals surface area contributed by atoms with E-state index in [1.165, 1.54) is 25.3 Å². The van der Waals surface area contributed by atoms with E-state index in [1.807, 2.05) is 0 Å². The van der Waals surface area contributed by atoms with Crippen LogP contribution in [0.2, 0.25) is 0 Å². The van der Waals surface area contributed by atoms with Gasteiger partial charge in [-0.1, -0.05) is 18.2 Å². The summed E-state index contributed by atoms with van der Waals surface area (Å²) in [6, 6.07) is -0.670. The van der Waals surface area contributed by atoms with Crippen molar-refractivity contribution in [3.05, 3.63) is 24.3 Å². The lowest BCUT2D eigenvalue weighted by Gasteiger charge is -2.28. The Morgan fingerprint density at radius 2 is 2.14 bits per heavy atom. The SMILES string of the molecule is COC1(N=C=O)C=CC=CC1N=C=O. The molecule has 2 atom stereocenters. The van der Waals surface area contributed by atoms with Crippen LogP contribution in [-0.4, -0.2) is 31.0 Å². The molecule has 0 aliphatic heterocycles. The molecule has 1 aliphatic carbocycles. The molecule has 1 rings (SSSR count). The van der Waals surface area contributed by atoms with Gasteiger partial charge in [-0.05, 0) is 6.08 Å². The van der Waals surface area contributed by atoms with E-state index in [4.69, 9.17) is 4.74 Å². The fourth-order valence-corrected chi connectivity index (χ4v) is 1.20. The Hall–Kier alpha value is -1.80. The number of carbonyl (C=O) groups excluding carboxylic acids is 2. The minimum Gasteiger partial charge on any atom is -0.351 e. The lowest BCUT2D eigenvalue weighted by Crippen LogP contribution is -2.39. The van der Waals surface area contributed by atoms with Crippen LogP contribution < -0.4 is 0 Å². The van der Waals surface area contributed by atoms with Gasteiger partial charge >= 0.3 is 0 Å². The van der Waals surface area contributed by atoms with Gasteiger partial charge in [0.25, 0.3) is 0 Å². The van der Waals surface area contributed by atoms with Crippen molar-refractivity contribution in [3.8, 4) is 0 Å². The van der Waals surface area contributed by atoms with Crippen molar-refractivity contribution in [1.29, 1.82) is 0 Å². The number of isocyanates is 2. The summed E-state index contributed by atoms with van der Waals surface area (Å²) in [5.74, 6) is 0. The third-order valence-electron chi connectivity index (χ3n) is 1.90. The van der Waals surface area contributed by atoms with E-state index in [1.54, 1.807) is 18.2 Å². The Morgan fingerprint density at radius 3 is 2.71 bits per heavy atom. The minimum absolute atomic E-state index is 0.670. The first-order valence-corrected chi connectivity index (χ1v) is 3.86. The van der Waals surface area contributed by atoms with Crippen molar-refractivity contribution >= 4 is 12.2 Å². The summed E-state index contributed by atoms with van der Waals surface area (Å²) in [6.07, 6.45) is 9.26. The lowest BCUT2D eigenvalue weighted by molar-refractivity contribution is 0.0294. The van der Waals surface area contributed by atoms with Gasteiger partial charge in [-0.25, -0.2) is 9.59 Å². The van der Waals surface area contributed by atoms with Crippen LogP contribution >= 0.6 is 0 Å². The zero-order valence-corrected chi connectivity index (χ0v) is 7.51. The number of methoxy groups -OCH3 is 1. The second-order valence-electron chi connectivity index (χ2n) is 2.57. The second kappa shape index (κ2) is 4.44. The minimum atomic E-state index is -1.26. The average molecular weight is 192 g/mol. The van der Waals surface area contributed by atoms with E-state index in [9.17, 15) is 9.59 Å². The van der Waals surface area contributed by atoms with E-state index in [-0.39, 0.29) is 0 Å². The summed E-state index contributed by atoms with van der Waals surface area (Å²) in [6.45, 7) is 0. The predicted molar refractivity (Wildman–Crippen MR) is 48.1 cm³/mol. The average Bonchev–Trinajstić information content (AvgIpc) is 2.22. The zero-order valence-electron chi connectivity index (χ0n) is 7.51. The molecule has 14 heavy (non-hydrogen) atoms. The fraction of sp³-hybridized carbons (Fsp3) is 0.333. The Balaban J connectivity index is 3.13. The maximum absolute atomic E-state index is 10.2. The van der Waals surface area contributed by atoms with Crippen LogP contribution in [0, 0.1) is 0 Å². The van der Waals surface area contributed by atoms with Gasteiger partial charge in [0.15, 0.2) is 0 Å². The van der Waals surface area contributed by atoms with Crippen molar-refractivity contribution < 1.29 is 14.3 Å². The van der Waals surface area contributed by atoms with Gasteiger partial charge in [0, 0.05) is 7.11 Å². The van der Waals surface area contributed by atoms with Crippen molar-refractivity contribution in [3.63, 3.8) is 0 Å². The number of hydrogen-bond donors (Lipinski definition) is 0. The largest absolute Gasteiger partial charge is 0.351 e. The van der Waals surface area contributed by atoms with E-state index in [2.05, 4.69) is 9.98 Å². The molecule has 0 aromatic carbocycles. The molecule has 1 aliphatic rings. The third-order valence-corrected chi connectivity index (χ3v) is 1.90. The molecule has 0 radical (unpaired) electrons. The smallest absolute Gasteiger partial charge is 0.238 e. The molecule has 0 amide bonds. The van der Waals surface area contributed by atoms with Crippen molar-refractivity contribution in [1.82, 2.24) is 0 Å². The number of nitrogens with zero attached hydrogens (tertiary/aromatic N) is 2. The van der Waals surface area contributed by atoms with Gasteiger partial charge in [-0.2, -0.15) is 9.98 Å². The standard InChI is InChI=1S/C9H8N2O3/c1-14-9(11-7-13)5-3-2-4-8(9)10-6-12/h2-5,8H,1H3. The maximum atomic E-state index is 10.2. The van der Waals surface area contributed by atoms with Crippen LogP contribution in [0.25, 0.3) is 0 Å². The zero-order chi connectivity index (χ0) is 10.4. The molecule has 0 fully saturated rings. The molecule has 0 bridgehead atoms. The highest BCUT2D eigenvalue weighted by Gasteiger charge is 2.36. The van der Waals surface area contributed by atoms with Crippen molar-refractivity contribution in [2.75, 3.05) is 7.11 Å². The summed E-state index contributed by atoms with van der Waals surface area (Å²) in [5.41, 5.74) is -1.26. The van der Waals surface area contributed by atoms with Crippen molar-refractivity contribution in [2.24, 2.45) is 9.98 Å². The van der Waals surface area contributed by atoms with E-state index < -0.39 is 11.8 Å². The third kappa shape index (κ3) is 1.75. The van der Waals surface area contributed by atoms with Crippen LogP contribution in [0.1, 0.15) is 0 Å². The Bertz CT molecular complexity index is 362. The van der Waals surface area contributed by atoms with Crippen molar-refractivity contribution in [2.45, 2.75) is 11.8 Å². The molecular formula is C9H8N2O3. The Kier molecular flexibility index (Phi) is 3.26. The number of allylic oxidation sites excluding steroid dienone is 2. The second-order valence-corrected chi connectivity index (χ2v) is 2.57. The normalized spacial score (nSPS) is 29.1. The molecule has 0 aromatic heterocycles. The summed E-state index contributed by atoms with van der Waals surface area (Å²) >= 11 is 0. The summed E-state index contributed by atoms with van der Waals surface area (Å²) in [4.78, 5) is 27.3. The van der Waals surface area contributed by atoms with Gasteiger partial charge in [-0.15, -0.1) is 0 Å². The van der Waals surface area contributed by atoms with E-state index in [0.717, 1.165) is 0 Å². The first-order valence-electron chi connectivity index (χ1n) is 3.86. The monoisotopic (exact) mass is 192 g/mol. The number of ether oxygens (including phenoxy) is 1. The highest BCUT2D eigenvalue weighted by molar-refractivity contribution is 5.41. The Morgan fingerprint density at radius 1 is 1.36 bits per heavy atom. The highest BCUT2D eigenvalue weighted by Crippen LogP contribution is 2.25. The van der Waals surface area contributed by atoms with Gasteiger partial charge in [-0.3, -0.25) is 0 Å². The number of rotatable bonds is 3. The van der Waals surface area contributed by atoms with Gasteiger partial charge in [0.2, 0.25) is 17.9 Å². The molecule has 5 heteroatoms. The summed E-state index contributed by atoms with van der Waals surface area (Å²) < 4.78 is 5.04. The molecule has 5 nitrogen and oxygen atoms in total. The van der Waals surface area contributed by atoms with E-state index in [0.29, 0.717) is 0 Å². The summed E-state index contributed by atoms with van der Waals surface area (Å²) in [7, 11) is 1.37. The topological polar surface area (TPSA) is 68.1 Å². The fourth-order valence-electron chi connectivity index (χ4n) is 1.20. The first kappa shape index (κ1) is 10.3. The molecule has 2 unspecified atom stereocenters. The van der Waals surface area contributed by atoms with Gasteiger partial charge in [0.05, 0.1) is 0 Å². The van der Waals surface area contributed by atoms with Crippen LogP contribution in [0.15, 0.2) is 34.3 Å².